The maximum Gasteiger partial charge on any atom is 0.410 e. The third-order valence-corrected chi connectivity index (χ3v) is 6.81. The van der Waals surface area contributed by atoms with E-state index in [9.17, 15) is 19.2 Å². The molecule has 194 valence electrons. The summed E-state index contributed by atoms with van der Waals surface area (Å²) in [4.78, 5) is 56.7. The van der Waals surface area contributed by atoms with E-state index in [1.807, 2.05) is 57.2 Å². The van der Waals surface area contributed by atoms with Crippen molar-refractivity contribution >= 4 is 23.9 Å². The number of hydrogen-bond acceptors (Lipinski definition) is 7. The number of rotatable bonds is 5. The summed E-state index contributed by atoms with van der Waals surface area (Å²) in [7, 11) is 0. The van der Waals surface area contributed by atoms with Crippen LogP contribution in [0.2, 0.25) is 0 Å². The number of amides is 3. The summed E-state index contributed by atoms with van der Waals surface area (Å²) in [6, 6.07) is 15.0. The number of hydrogen-bond donors (Lipinski definition) is 0. The summed E-state index contributed by atoms with van der Waals surface area (Å²) >= 11 is 0. The van der Waals surface area contributed by atoms with Crippen LogP contribution in [0, 0.1) is 0 Å². The fourth-order valence-corrected chi connectivity index (χ4v) is 5.29. The van der Waals surface area contributed by atoms with Crippen LogP contribution in [-0.2, 0) is 28.7 Å². The summed E-state index contributed by atoms with van der Waals surface area (Å²) in [6.45, 7) is 5.88. The summed E-state index contributed by atoms with van der Waals surface area (Å²) in [6.07, 6.45) is -0.979. The van der Waals surface area contributed by atoms with Gasteiger partial charge in [0.1, 0.15) is 12.6 Å². The Morgan fingerprint density at radius 2 is 1.49 bits per heavy atom. The molecule has 3 amide bonds. The number of hydroxylamine groups is 2. The van der Waals surface area contributed by atoms with Crippen LogP contribution in [0.1, 0.15) is 57.1 Å². The predicted molar refractivity (Wildman–Crippen MR) is 132 cm³/mol. The van der Waals surface area contributed by atoms with Crippen LogP contribution in [0.25, 0.3) is 11.1 Å². The van der Waals surface area contributed by atoms with Crippen LogP contribution in [0.4, 0.5) is 4.79 Å². The van der Waals surface area contributed by atoms with E-state index >= 15 is 0 Å². The fourth-order valence-electron chi connectivity index (χ4n) is 5.29. The van der Waals surface area contributed by atoms with E-state index in [-0.39, 0.29) is 38.3 Å². The smallest absolute Gasteiger partial charge is 0.410 e. The van der Waals surface area contributed by atoms with Gasteiger partial charge in [-0.25, -0.2) is 9.59 Å². The SMILES string of the molecule is CC(C)(C)O[C@H]1C[C@H](C(=O)ON2C(=O)CCC2=O)N(C(=O)OCC2c3ccccc3-c3ccccc32)C1. The maximum atomic E-state index is 13.3. The molecule has 0 saturated carbocycles. The minimum absolute atomic E-state index is 0.0113. The van der Waals surface area contributed by atoms with Gasteiger partial charge in [-0.3, -0.25) is 14.5 Å². The molecule has 9 nitrogen and oxygen atoms in total. The van der Waals surface area contributed by atoms with Gasteiger partial charge in [0, 0.05) is 25.2 Å². The second kappa shape index (κ2) is 9.63. The number of nitrogens with zero attached hydrogens (tertiary/aromatic N) is 2. The molecule has 2 atom stereocenters. The molecule has 2 aromatic carbocycles. The first-order valence-electron chi connectivity index (χ1n) is 12.5. The molecule has 0 spiro atoms. The van der Waals surface area contributed by atoms with E-state index in [1.165, 1.54) is 4.90 Å². The Labute approximate surface area is 215 Å². The molecule has 2 aromatic rings. The molecule has 1 aliphatic carbocycles. The van der Waals surface area contributed by atoms with Gasteiger partial charge >= 0.3 is 12.1 Å². The van der Waals surface area contributed by atoms with E-state index in [0.717, 1.165) is 22.3 Å². The van der Waals surface area contributed by atoms with E-state index < -0.39 is 41.6 Å². The van der Waals surface area contributed by atoms with Crippen LogP contribution < -0.4 is 0 Å². The van der Waals surface area contributed by atoms with Crippen molar-refractivity contribution in [2.75, 3.05) is 13.2 Å². The number of likely N-dealkylation sites (tertiary alicyclic amines) is 1. The summed E-state index contributed by atoms with van der Waals surface area (Å²) in [5, 5.41) is 0.496. The highest BCUT2D eigenvalue weighted by Gasteiger charge is 2.46. The van der Waals surface area contributed by atoms with Crippen LogP contribution in [0.5, 0.6) is 0 Å². The number of fused-ring (bicyclic) bond motifs is 3. The second-order valence-electron chi connectivity index (χ2n) is 10.6. The molecule has 2 aliphatic heterocycles. The van der Waals surface area contributed by atoms with Crippen molar-refractivity contribution in [3.05, 3.63) is 59.7 Å². The lowest BCUT2D eigenvalue weighted by Crippen LogP contribution is -2.45. The van der Waals surface area contributed by atoms with Gasteiger partial charge < -0.3 is 14.3 Å². The Morgan fingerprint density at radius 1 is 0.919 bits per heavy atom. The Kier molecular flexibility index (Phi) is 6.49. The quantitative estimate of drug-likeness (QED) is 0.569. The molecule has 2 heterocycles. The van der Waals surface area contributed by atoms with Gasteiger partial charge in [-0.05, 0) is 43.0 Å². The van der Waals surface area contributed by atoms with Gasteiger partial charge in [0.25, 0.3) is 11.8 Å². The average molecular weight is 507 g/mol. The van der Waals surface area contributed by atoms with Gasteiger partial charge in [-0.2, -0.15) is 0 Å². The summed E-state index contributed by atoms with van der Waals surface area (Å²) < 4.78 is 11.8. The molecule has 0 bridgehead atoms. The number of carbonyl (C=O) groups is 4. The van der Waals surface area contributed by atoms with Crippen LogP contribution in [-0.4, -0.2) is 64.7 Å². The molecule has 2 fully saturated rings. The molecule has 5 rings (SSSR count). The van der Waals surface area contributed by atoms with E-state index in [4.69, 9.17) is 14.3 Å². The normalized spacial score (nSPS) is 21.3. The van der Waals surface area contributed by atoms with Crippen molar-refractivity contribution in [3.8, 4) is 11.1 Å². The number of carbonyl (C=O) groups excluding carboxylic acids is 4. The molecule has 2 saturated heterocycles. The second-order valence-corrected chi connectivity index (χ2v) is 10.6. The zero-order valence-electron chi connectivity index (χ0n) is 21.1. The Balaban J connectivity index is 1.32. The van der Waals surface area contributed by atoms with E-state index in [0.29, 0.717) is 5.06 Å². The molecule has 0 N–H and O–H groups in total. The Morgan fingerprint density at radius 3 is 2.05 bits per heavy atom. The van der Waals surface area contributed by atoms with Crippen molar-refractivity contribution in [3.63, 3.8) is 0 Å². The third kappa shape index (κ3) is 4.96. The number of ether oxygens (including phenoxy) is 2. The molecule has 0 aromatic heterocycles. The van der Waals surface area contributed by atoms with Crippen molar-refractivity contribution < 1.29 is 33.5 Å². The zero-order chi connectivity index (χ0) is 26.3. The molecular formula is C28H30N2O7. The highest BCUT2D eigenvalue weighted by Crippen LogP contribution is 2.44. The largest absolute Gasteiger partial charge is 0.448 e. The molecule has 0 unspecified atom stereocenters. The third-order valence-electron chi connectivity index (χ3n) is 6.81. The topological polar surface area (TPSA) is 102 Å². The van der Waals surface area contributed by atoms with Crippen molar-refractivity contribution in [1.29, 1.82) is 0 Å². The fraction of sp³-hybridized carbons (Fsp3) is 0.429. The minimum atomic E-state index is -1.05. The number of benzene rings is 2. The standard InChI is InChI=1S/C28H30N2O7/c1-28(2,3)36-17-14-23(26(33)37-30-24(31)12-13-25(30)32)29(15-17)27(34)35-16-22-20-10-6-4-8-18(20)19-9-5-7-11-21(19)22/h4-11,17,22-23H,12-16H2,1-3H3/t17-,23+/m0/s1. The maximum absolute atomic E-state index is 13.3. The van der Waals surface area contributed by atoms with Crippen molar-refractivity contribution in [2.45, 2.75) is 63.7 Å². The van der Waals surface area contributed by atoms with E-state index in [1.54, 1.807) is 0 Å². The first kappa shape index (κ1) is 25.0. The van der Waals surface area contributed by atoms with Crippen molar-refractivity contribution in [1.82, 2.24) is 9.96 Å². The molecule has 9 heteroatoms. The van der Waals surface area contributed by atoms with Gasteiger partial charge in [0.2, 0.25) is 0 Å². The zero-order valence-corrected chi connectivity index (χ0v) is 21.1. The first-order chi connectivity index (χ1) is 17.6. The highest BCUT2D eigenvalue weighted by molar-refractivity contribution is 6.02. The van der Waals surface area contributed by atoms with Gasteiger partial charge in [0.05, 0.1) is 18.2 Å². The van der Waals surface area contributed by atoms with Crippen LogP contribution in [0.15, 0.2) is 48.5 Å². The monoisotopic (exact) mass is 506 g/mol. The lowest BCUT2D eigenvalue weighted by atomic mass is 9.98. The van der Waals surface area contributed by atoms with Gasteiger partial charge in [-0.1, -0.05) is 48.5 Å². The molecule has 37 heavy (non-hydrogen) atoms. The van der Waals surface area contributed by atoms with Crippen LogP contribution in [0.3, 0.4) is 0 Å². The van der Waals surface area contributed by atoms with Gasteiger partial charge in [-0.15, -0.1) is 5.06 Å². The average Bonchev–Trinajstić information content (AvgIpc) is 3.51. The Hall–Kier alpha value is -3.72. The molecule has 3 aliphatic rings. The minimum Gasteiger partial charge on any atom is -0.448 e. The molecular weight excluding hydrogens is 476 g/mol. The summed E-state index contributed by atoms with van der Waals surface area (Å²) in [5.41, 5.74) is 3.88. The summed E-state index contributed by atoms with van der Waals surface area (Å²) in [5.74, 6) is -2.15. The predicted octanol–water partition coefficient (Wildman–Crippen LogP) is 3.80. The van der Waals surface area contributed by atoms with Crippen molar-refractivity contribution in [2.24, 2.45) is 0 Å². The number of imide groups is 1. The van der Waals surface area contributed by atoms with Gasteiger partial charge in [0.15, 0.2) is 0 Å². The van der Waals surface area contributed by atoms with Crippen LogP contribution >= 0.6 is 0 Å². The Bertz CT molecular complexity index is 1190. The first-order valence-corrected chi connectivity index (χ1v) is 12.5. The lowest BCUT2D eigenvalue weighted by molar-refractivity contribution is -0.200. The van der Waals surface area contributed by atoms with E-state index in [2.05, 4.69) is 12.1 Å². The highest BCUT2D eigenvalue weighted by atomic mass is 16.7. The molecule has 0 radical (unpaired) electrons. The lowest BCUT2D eigenvalue weighted by Gasteiger charge is -2.25.